The number of aromatic carboxylic acids is 1. The molecule has 0 radical (unpaired) electrons. The van der Waals surface area contributed by atoms with E-state index in [1.165, 1.54) is 0 Å². The SMILES string of the molecule is Cl.O=C(O)c1ccc(CNCc2ccc(-c3ccccc3Cl)o2)cc1. The number of hydrogen-bond acceptors (Lipinski definition) is 3. The molecule has 4 nitrogen and oxygen atoms in total. The lowest BCUT2D eigenvalue weighted by atomic mass is 10.1. The van der Waals surface area contributed by atoms with Crippen LogP contribution in [0.25, 0.3) is 11.3 Å². The summed E-state index contributed by atoms with van der Waals surface area (Å²) in [7, 11) is 0. The Labute approximate surface area is 156 Å². The molecule has 0 fully saturated rings. The van der Waals surface area contributed by atoms with Gasteiger partial charge in [0.15, 0.2) is 0 Å². The topological polar surface area (TPSA) is 62.5 Å². The van der Waals surface area contributed by atoms with Gasteiger partial charge in [-0.3, -0.25) is 0 Å². The van der Waals surface area contributed by atoms with Gasteiger partial charge in [0.1, 0.15) is 11.5 Å². The molecular formula is C19H17Cl2NO3. The lowest BCUT2D eigenvalue weighted by Crippen LogP contribution is -2.12. The number of furan rings is 1. The van der Waals surface area contributed by atoms with Crippen LogP contribution in [-0.2, 0) is 13.1 Å². The smallest absolute Gasteiger partial charge is 0.335 e. The lowest BCUT2D eigenvalue weighted by Gasteiger charge is -2.04. The van der Waals surface area contributed by atoms with Crippen LogP contribution in [0.2, 0.25) is 5.02 Å². The van der Waals surface area contributed by atoms with E-state index in [-0.39, 0.29) is 18.0 Å². The molecule has 0 saturated heterocycles. The fraction of sp³-hybridized carbons (Fsp3) is 0.105. The van der Waals surface area contributed by atoms with Crippen molar-refractivity contribution >= 4 is 30.0 Å². The monoisotopic (exact) mass is 377 g/mol. The molecule has 0 amide bonds. The van der Waals surface area contributed by atoms with Crippen LogP contribution in [0.5, 0.6) is 0 Å². The van der Waals surface area contributed by atoms with E-state index in [0.717, 1.165) is 22.6 Å². The molecule has 130 valence electrons. The van der Waals surface area contributed by atoms with Gasteiger partial charge in [-0.05, 0) is 42.0 Å². The average molecular weight is 378 g/mol. The highest BCUT2D eigenvalue weighted by atomic mass is 35.5. The first-order valence-electron chi connectivity index (χ1n) is 7.50. The predicted octanol–water partition coefficient (Wildman–Crippen LogP) is 5.01. The van der Waals surface area contributed by atoms with Crippen molar-refractivity contribution in [2.75, 3.05) is 0 Å². The van der Waals surface area contributed by atoms with E-state index >= 15 is 0 Å². The summed E-state index contributed by atoms with van der Waals surface area (Å²) in [6, 6.07) is 18.2. The van der Waals surface area contributed by atoms with Crippen LogP contribution < -0.4 is 5.32 Å². The summed E-state index contributed by atoms with van der Waals surface area (Å²) in [4.78, 5) is 10.8. The molecule has 3 aromatic rings. The van der Waals surface area contributed by atoms with Crippen LogP contribution in [0.15, 0.2) is 65.1 Å². The Hall–Kier alpha value is -2.27. The first-order valence-corrected chi connectivity index (χ1v) is 7.88. The van der Waals surface area contributed by atoms with Crippen LogP contribution in [0.3, 0.4) is 0 Å². The van der Waals surface area contributed by atoms with Crippen molar-refractivity contribution in [2.45, 2.75) is 13.1 Å². The second-order valence-electron chi connectivity index (χ2n) is 5.35. The molecule has 2 N–H and O–H groups in total. The molecule has 3 rings (SSSR count). The van der Waals surface area contributed by atoms with E-state index in [9.17, 15) is 4.79 Å². The molecule has 0 bridgehead atoms. The molecule has 0 spiro atoms. The normalized spacial score (nSPS) is 10.3. The van der Waals surface area contributed by atoms with Gasteiger partial charge in [0.05, 0.1) is 17.1 Å². The number of carboxylic acids is 1. The maximum absolute atomic E-state index is 10.8. The van der Waals surface area contributed by atoms with Crippen molar-refractivity contribution in [1.29, 1.82) is 0 Å². The van der Waals surface area contributed by atoms with Gasteiger partial charge < -0.3 is 14.8 Å². The van der Waals surface area contributed by atoms with Gasteiger partial charge in [-0.1, -0.05) is 35.9 Å². The predicted molar refractivity (Wildman–Crippen MR) is 100 cm³/mol. The van der Waals surface area contributed by atoms with Crippen molar-refractivity contribution < 1.29 is 14.3 Å². The van der Waals surface area contributed by atoms with E-state index in [4.69, 9.17) is 21.1 Å². The molecule has 0 aliphatic heterocycles. The summed E-state index contributed by atoms with van der Waals surface area (Å²) >= 11 is 6.17. The van der Waals surface area contributed by atoms with Crippen LogP contribution in [0.1, 0.15) is 21.7 Å². The van der Waals surface area contributed by atoms with Gasteiger partial charge in [-0.25, -0.2) is 4.79 Å². The summed E-state index contributed by atoms with van der Waals surface area (Å²) in [5, 5.41) is 12.8. The fourth-order valence-electron chi connectivity index (χ4n) is 2.37. The van der Waals surface area contributed by atoms with Crippen LogP contribution >= 0.6 is 24.0 Å². The van der Waals surface area contributed by atoms with E-state index < -0.39 is 5.97 Å². The second-order valence-corrected chi connectivity index (χ2v) is 5.76. The van der Waals surface area contributed by atoms with Gasteiger partial charge >= 0.3 is 5.97 Å². The number of hydrogen-bond donors (Lipinski definition) is 2. The number of benzene rings is 2. The minimum Gasteiger partial charge on any atom is -0.478 e. The largest absolute Gasteiger partial charge is 0.478 e. The molecule has 0 aliphatic carbocycles. The molecule has 0 saturated carbocycles. The number of carboxylic acid groups (broad SMARTS) is 1. The molecule has 25 heavy (non-hydrogen) atoms. The van der Waals surface area contributed by atoms with Crippen molar-refractivity contribution in [1.82, 2.24) is 5.32 Å². The van der Waals surface area contributed by atoms with Crippen molar-refractivity contribution in [3.8, 4) is 11.3 Å². The van der Waals surface area contributed by atoms with Crippen molar-refractivity contribution in [3.05, 3.63) is 82.6 Å². The Morgan fingerprint density at radius 3 is 2.40 bits per heavy atom. The van der Waals surface area contributed by atoms with Gasteiger partial charge in [-0.15, -0.1) is 12.4 Å². The first-order chi connectivity index (χ1) is 11.6. The van der Waals surface area contributed by atoms with Crippen LogP contribution in [-0.4, -0.2) is 11.1 Å². The standard InChI is InChI=1S/C19H16ClNO3.ClH/c20-17-4-2-1-3-16(17)18-10-9-15(24-18)12-21-11-13-5-7-14(8-6-13)19(22)23;/h1-10,21H,11-12H2,(H,22,23);1H. The third-order valence-electron chi connectivity index (χ3n) is 3.63. The Morgan fingerprint density at radius 1 is 1.00 bits per heavy atom. The molecule has 0 aliphatic rings. The summed E-state index contributed by atoms with van der Waals surface area (Å²) in [6.45, 7) is 1.20. The number of nitrogens with one attached hydrogen (secondary N) is 1. The minimum absolute atomic E-state index is 0. The Morgan fingerprint density at radius 2 is 1.72 bits per heavy atom. The molecule has 0 atom stereocenters. The molecular weight excluding hydrogens is 361 g/mol. The Bertz CT molecular complexity index is 844. The molecule has 1 aromatic heterocycles. The van der Waals surface area contributed by atoms with Gasteiger partial charge in [0.2, 0.25) is 0 Å². The van der Waals surface area contributed by atoms with Crippen LogP contribution in [0, 0.1) is 0 Å². The highest BCUT2D eigenvalue weighted by Gasteiger charge is 2.08. The lowest BCUT2D eigenvalue weighted by molar-refractivity contribution is 0.0697. The molecule has 1 heterocycles. The number of carbonyl (C=O) groups is 1. The molecule has 0 unspecified atom stereocenters. The summed E-state index contributed by atoms with van der Waals surface area (Å²) < 4.78 is 5.81. The first kappa shape index (κ1) is 19.1. The average Bonchev–Trinajstić information content (AvgIpc) is 3.04. The van der Waals surface area contributed by atoms with Crippen LogP contribution in [0.4, 0.5) is 0 Å². The zero-order valence-electron chi connectivity index (χ0n) is 13.2. The molecule has 2 aromatic carbocycles. The van der Waals surface area contributed by atoms with Crippen molar-refractivity contribution in [3.63, 3.8) is 0 Å². The summed E-state index contributed by atoms with van der Waals surface area (Å²) in [5.41, 5.74) is 2.17. The summed E-state index contributed by atoms with van der Waals surface area (Å²) in [6.07, 6.45) is 0. The third kappa shape index (κ3) is 4.86. The van der Waals surface area contributed by atoms with E-state index in [0.29, 0.717) is 18.1 Å². The fourth-order valence-corrected chi connectivity index (χ4v) is 2.60. The maximum atomic E-state index is 10.8. The van der Waals surface area contributed by atoms with E-state index in [1.54, 1.807) is 24.3 Å². The van der Waals surface area contributed by atoms with E-state index in [2.05, 4.69) is 5.32 Å². The van der Waals surface area contributed by atoms with Gasteiger partial charge in [-0.2, -0.15) is 0 Å². The van der Waals surface area contributed by atoms with Crippen molar-refractivity contribution in [2.24, 2.45) is 0 Å². The highest BCUT2D eigenvalue weighted by molar-refractivity contribution is 6.33. The highest BCUT2D eigenvalue weighted by Crippen LogP contribution is 2.28. The zero-order valence-corrected chi connectivity index (χ0v) is 14.8. The quantitative estimate of drug-likeness (QED) is 0.633. The number of halogens is 2. The van der Waals surface area contributed by atoms with Gasteiger partial charge in [0, 0.05) is 12.1 Å². The Kier molecular flexibility index (Phi) is 6.65. The summed E-state index contributed by atoms with van der Waals surface area (Å²) in [5.74, 6) is 0.632. The second kappa shape index (κ2) is 8.72. The zero-order chi connectivity index (χ0) is 16.9. The Balaban J connectivity index is 0.00000225. The molecule has 6 heteroatoms. The minimum atomic E-state index is -0.919. The maximum Gasteiger partial charge on any atom is 0.335 e. The third-order valence-corrected chi connectivity index (χ3v) is 3.96. The van der Waals surface area contributed by atoms with E-state index in [1.807, 2.05) is 36.4 Å². The number of rotatable bonds is 6. The van der Waals surface area contributed by atoms with Gasteiger partial charge in [0.25, 0.3) is 0 Å².